The predicted octanol–water partition coefficient (Wildman–Crippen LogP) is 4.13. The molecule has 0 radical (unpaired) electrons. The molecule has 2 aromatic rings. The van der Waals surface area contributed by atoms with Crippen molar-refractivity contribution in [2.24, 2.45) is 0 Å². The van der Waals surface area contributed by atoms with Crippen molar-refractivity contribution in [3.8, 4) is 5.75 Å². The molecule has 1 atom stereocenters. The van der Waals surface area contributed by atoms with Crippen LogP contribution in [0.3, 0.4) is 0 Å². The molecule has 1 aliphatic heterocycles. The van der Waals surface area contributed by atoms with Gasteiger partial charge in [-0.05, 0) is 76.4 Å². The zero-order valence-electron chi connectivity index (χ0n) is 17.7. The van der Waals surface area contributed by atoms with E-state index in [1.807, 2.05) is 50.8 Å². The maximum absolute atomic E-state index is 13.1. The van der Waals surface area contributed by atoms with E-state index >= 15 is 0 Å². The van der Waals surface area contributed by atoms with Gasteiger partial charge in [0.1, 0.15) is 12.4 Å². The Morgan fingerprint density at radius 1 is 1.14 bits per heavy atom. The number of hydrogen-bond donors (Lipinski definition) is 1. The van der Waals surface area contributed by atoms with E-state index < -0.39 is 0 Å². The second-order valence-electron chi connectivity index (χ2n) is 8.08. The molecule has 3 rings (SSSR count). The van der Waals surface area contributed by atoms with Crippen molar-refractivity contribution in [3.63, 3.8) is 0 Å². The Hall–Kier alpha value is -2.82. The summed E-state index contributed by atoms with van der Waals surface area (Å²) in [6.07, 6.45) is 1.92. The van der Waals surface area contributed by atoms with Gasteiger partial charge in [-0.1, -0.05) is 17.7 Å². The van der Waals surface area contributed by atoms with Gasteiger partial charge in [-0.15, -0.1) is 0 Å². The monoisotopic (exact) mass is 394 g/mol. The van der Waals surface area contributed by atoms with Gasteiger partial charge >= 0.3 is 0 Å². The van der Waals surface area contributed by atoms with Gasteiger partial charge in [0.05, 0.1) is 6.04 Å². The van der Waals surface area contributed by atoms with E-state index in [1.54, 1.807) is 24.3 Å². The number of amides is 2. The van der Waals surface area contributed by atoms with E-state index in [1.165, 1.54) is 0 Å². The molecule has 154 valence electrons. The predicted molar refractivity (Wildman–Crippen MR) is 115 cm³/mol. The first-order chi connectivity index (χ1) is 13.8. The number of ether oxygens (including phenoxy) is 1. The molecular formula is C24H30N2O3. The molecule has 5 nitrogen and oxygen atoms in total. The van der Waals surface area contributed by atoms with E-state index in [2.05, 4.69) is 5.32 Å². The summed E-state index contributed by atoms with van der Waals surface area (Å²) >= 11 is 0. The van der Waals surface area contributed by atoms with E-state index in [4.69, 9.17) is 4.74 Å². The van der Waals surface area contributed by atoms with Gasteiger partial charge in [0, 0.05) is 23.7 Å². The maximum Gasteiger partial charge on any atom is 0.254 e. The van der Waals surface area contributed by atoms with E-state index in [0.717, 1.165) is 36.1 Å². The van der Waals surface area contributed by atoms with Crippen LogP contribution < -0.4 is 10.1 Å². The van der Waals surface area contributed by atoms with Crippen LogP contribution in [-0.2, 0) is 0 Å². The van der Waals surface area contributed by atoms with E-state index in [-0.39, 0.29) is 23.9 Å². The maximum atomic E-state index is 13.1. The molecule has 1 saturated heterocycles. The van der Waals surface area contributed by atoms with Crippen molar-refractivity contribution < 1.29 is 14.3 Å². The molecule has 1 N–H and O–H groups in total. The fourth-order valence-electron chi connectivity index (χ4n) is 3.64. The summed E-state index contributed by atoms with van der Waals surface area (Å²) in [5.74, 6) is 0.697. The quantitative estimate of drug-likeness (QED) is 0.802. The van der Waals surface area contributed by atoms with Gasteiger partial charge in [0.2, 0.25) is 0 Å². The average Bonchev–Trinajstić information content (AvgIpc) is 3.16. The van der Waals surface area contributed by atoms with E-state index in [9.17, 15) is 9.59 Å². The van der Waals surface area contributed by atoms with Crippen LogP contribution in [0.1, 0.15) is 58.5 Å². The molecule has 5 heteroatoms. The molecule has 0 bridgehead atoms. The number of carbonyl (C=O) groups is 2. The van der Waals surface area contributed by atoms with Crippen LogP contribution in [0.25, 0.3) is 0 Å². The third-order valence-corrected chi connectivity index (χ3v) is 5.24. The third kappa shape index (κ3) is 5.17. The van der Waals surface area contributed by atoms with Crippen LogP contribution >= 0.6 is 0 Å². The molecule has 2 aromatic carbocycles. The van der Waals surface area contributed by atoms with Gasteiger partial charge in [-0.25, -0.2) is 0 Å². The third-order valence-electron chi connectivity index (χ3n) is 5.24. The van der Waals surface area contributed by atoms with Crippen LogP contribution in [-0.4, -0.2) is 41.9 Å². The summed E-state index contributed by atoms with van der Waals surface area (Å²) in [7, 11) is 0. The Morgan fingerprint density at radius 2 is 1.86 bits per heavy atom. The second kappa shape index (κ2) is 9.12. The first-order valence-electron chi connectivity index (χ1n) is 10.3. The number of nitrogens with zero attached hydrogens (tertiary/aromatic N) is 1. The Balaban J connectivity index is 1.62. The molecule has 29 heavy (non-hydrogen) atoms. The second-order valence-corrected chi connectivity index (χ2v) is 8.08. The highest BCUT2D eigenvalue weighted by atomic mass is 16.5. The summed E-state index contributed by atoms with van der Waals surface area (Å²) < 4.78 is 5.95. The van der Waals surface area contributed by atoms with Gasteiger partial charge in [-0.2, -0.15) is 0 Å². The number of rotatable bonds is 6. The van der Waals surface area contributed by atoms with Crippen LogP contribution in [0.15, 0.2) is 42.5 Å². The Kier molecular flexibility index (Phi) is 6.57. The Labute approximate surface area is 173 Å². The minimum atomic E-state index is -0.0901. The standard InChI is InChI=1S/C24H30N2O3/c1-16(2)25-23(27)19-9-11-21(12-10-19)29-15-20-6-5-13-26(20)24(28)22-14-17(3)7-8-18(22)4/h7-12,14,16,20H,5-6,13,15H2,1-4H3,(H,25,27)/t20-/m0/s1. The molecule has 1 fully saturated rings. The Bertz CT molecular complexity index is 874. The highest BCUT2D eigenvalue weighted by molar-refractivity contribution is 5.96. The summed E-state index contributed by atoms with van der Waals surface area (Å²) in [6, 6.07) is 13.3. The Morgan fingerprint density at radius 3 is 2.55 bits per heavy atom. The lowest BCUT2D eigenvalue weighted by Crippen LogP contribution is -2.39. The van der Waals surface area contributed by atoms with Crippen molar-refractivity contribution >= 4 is 11.8 Å². The van der Waals surface area contributed by atoms with Crippen molar-refractivity contribution in [3.05, 3.63) is 64.7 Å². The molecule has 2 amide bonds. The summed E-state index contributed by atoms with van der Waals surface area (Å²) in [6.45, 7) is 9.06. The number of benzene rings is 2. The normalized spacial score (nSPS) is 16.2. The minimum absolute atomic E-state index is 0.0614. The van der Waals surface area contributed by atoms with Crippen LogP contribution in [0, 0.1) is 13.8 Å². The zero-order valence-corrected chi connectivity index (χ0v) is 17.7. The number of hydrogen-bond acceptors (Lipinski definition) is 3. The lowest BCUT2D eigenvalue weighted by molar-refractivity contribution is 0.0690. The van der Waals surface area contributed by atoms with Gasteiger partial charge in [0.15, 0.2) is 0 Å². The topological polar surface area (TPSA) is 58.6 Å². The average molecular weight is 395 g/mol. The number of aryl methyl sites for hydroxylation is 2. The van der Waals surface area contributed by atoms with E-state index in [0.29, 0.717) is 17.9 Å². The minimum Gasteiger partial charge on any atom is -0.491 e. The van der Waals surface area contributed by atoms with Gasteiger partial charge < -0.3 is 15.0 Å². The highest BCUT2D eigenvalue weighted by Crippen LogP contribution is 2.23. The largest absolute Gasteiger partial charge is 0.491 e. The molecule has 1 heterocycles. The van der Waals surface area contributed by atoms with Crippen molar-refractivity contribution in [2.45, 2.75) is 52.6 Å². The first-order valence-corrected chi connectivity index (χ1v) is 10.3. The summed E-state index contributed by atoms with van der Waals surface area (Å²) in [4.78, 5) is 27.1. The van der Waals surface area contributed by atoms with Crippen molar-refractivity contribution in [1.82, 2.24) is 10.2 Å². The fourth-order valence-corrected chi connectivity index (χ4v) is 3.64. The van der Waals surface area contributed by atoms with Gasteiger partial charge in [0.25, 0.3) is 11.8 Å². The smallest absolute Gasteiger partial charge is 0.254 e. The van der Waals surface area contributed by atoms with Crippen molar-refractivity contribution in [2.75, 3.05) is 13.2 Å². The molecule has 0 spiro atoms. The molecule has 0 saturated carbocycles. The van der Waals surface area contributed by atoms with Crippen molar-refractivity contribution in [1.29, 1.82) is 0 Å². The molecule has 1 aliphatic rings. The van der Waals surface area contributed by atoms with Crippen LogP contribution in [0.4, 0.5) is 0 Å². The first kappa shape index (κ1) is 20.9. The summed E-state index contributed by atoms with van der Waals surface area (Å²) in [5, 5.41) is 2.87. The molecule has 0 unspecified atom stereocenters. The number of nitrogens with one attached hydrogen (secondary N) is 1. The van der Waals surface area contributed by atoms with Gasteiger partial charge in [-0.3, -0.25) is 9.59 Å². The molecule has 0 aromatic heterocycles. The van der Waals surface area contributed by atoms with Crippen LogP contribution in [0.5, 0.6) is 5.75 Å². The summed E-state index contributed by atoms with van der Waals surface area (Å²) in [5.41, 5.74) is 3.48. The fraction of sp³-hybridized carbons (Fsp3) is 0.417. The SMILES string of the molecule is Cc1ccc(C)c(C(=O)N2CCC[C@H]2COc2ccc(C(=O)NC(C)C)cc2)c1. The molecular weight excluding hydrogens is 364 g/mol. The lowest BCUT2D eigenvalue weighted by Gasteiger charge is -2.25. The highest BCUT2D eigenvalue weighted by Gasteiger charge is 2.30. The number of carbonyl (C=O) groups excluding carboxylic acids is 2. The number of likely N-dealkylation sites (tertiary alicyclic amines) is 1. The molecule has 0 aliphatic carbocycles. The van der Waals surface area contributed by atoms with Crippen LogP contribution in [0.2, 0.25) is 0 Å². The zero-order chi connectivity index (χ0) is 21.0. The lowest BCUT2D eigenvalue weighted by atomic mass is 10.0.